The summed E-state index contributed by atoms with van der Waals surface area (Å²) >= 11 is 0. The average molecular weight is 520 g/mol. The summed E-state index contributed by atoms with van der Waals surface area (Å²) in [6, 6.07) is 4.19. The summed E-state index contributed by atoms with van der Waals surface area (Å²) in [5, 5.41) is 9.48. The van der Waals surface area contributed by atoms with Crippen molar-refractivity contribution in [2.75, 3.05) is 34.4 Å². The lowest BCUT2D eigenvalue weighted by Crippen LogP contribution is -2.38. The smallest absolute Gasteiger partial charge is 0.220 e. The van der Waals surface area contributed by atoms with Crippen LogP contribution in [-0.4, -0.2) is 52.3 Å². The molecule has 1 amide bonds. The molecule has 29 heavy (non-hydrogen) atoms. The van der Waals surface area contributed by atoms with Gasteiger partial charge in [-0.05, 0) is 43.9 Å². The largest absolute Gasteiger partial charge is 0.493 e. The second kappa shape index (κ2) is 13.3. The molecule has 1 aromatic carbocycles. The fraction of sp³-hybridized carbons (Fsp3) is 0.600. The first-order valence-corrected chi connectivity index (χ1v) is 9.71. The number of ether oxygens (including phenoxy) is 3. The number of carbonyl (C=O) groups is 1. The molecule has 0 bridgehead atoms. The van der Waals surface area contributed by atoms with Crippen LogP contribution in [0.1, 0.15) is 38.2 Å². The van der Waals surface area contributed by atoms with E-state index in [1.54, 1.807) is 21.3 Å². The Hall–Kier alpha value is -1.91. The van der Waals surface area contributed by atoms with E-state index in [0.717, 1.165) is 31.4 Å². The van der Waals surface area contributed by atoms with Crippen LogP contribution >= 0.6 is 24.0 Å². The number of hydrogen-bond acceptors (Lipinski definition) is 5. The number of halogens is 1. The van der Waals surface area contributed by atoms with Crippen LogP contribution in [-0.2, 0) is 11.3 Å². The Morgan fingerprint density at radius 2 is 1.76 bits per heavy atom. The van der Waals surface area contributed by atoms with Crippen molar-refractivity contribution in [2.24, 2.45) is 4.99 Å². The van der Waals surface area contributed by atoms with E-state index in [9.17, 15) is 4.79 Å². The number of nitrogens with zero attached hydrogens (tertiary/aromatic N) is 1. The zero-order valence-corrected chi connectivity index (χ0v) is 20.0. The van der Waals surface area contributed by atoms with Crippen LogP contribution in [0.25, 0.3) is 0 Å². The number of methoxy groups -OCH3 is 3. The molecule has 1 saturated carbocycles. The first kappa shape index (κ1) is 25.1. The van der Waals surface area contributed by atoms with Gasteiger partial charge in [-0.2, -0.15) is 0 Å². The van der Waals surface area contributed by atoms with Gasteiger partial charge < -0.3 is 30.2 Å². The van der Waals surface area contributed by atoms with Crippen molar-refractivity contribution in [3.8, 4) is 17.2 Å². The molecule has 1 aromatic rings. The molecule has 1 fully saturated rings. The highest BCUT2D eigenvalue weighted by Gasteiger charge is 2.22. The summed E-state index contributed by atoms with van der Waals surface area (Å²) in [5.41, 5.74) is 0.940. The highest BCUT2D eigenvalue weighted by molar-refractivity contribution is 14.0. The van der Waals surface area contributed by atoms with Crippen LogP contribution in [0.3, 0.4) is 0 Å². The third-order valence-corrected chi connectivity index (χ3v) is 4.30. The van der Waals surface area contributed by atoms with Gasteiger partial charge >= 0.3 is 0 Å². The van der Waals surface area contributed by atoms with Gasteiger partial charge in [0.2, 0.25) is 11.7 Å². The van der Waals surface area contributed by atoms with E-state index in [1.165, 1.54) is 0 Å². The van der Waals surface area contributed by atoms with Gasteiger partial charge in [0.15, 0.2) is 17.5 Å². The molecule has 1 aliphatic carbocycles. The van der Waals surface area contributed by atoms with Crippen molar-refractivity contribution >= 4 is 35.8 Å². The summed E-state index contributed by atoms with van der Waals surface area (Å²) in [6.45, 7) is 3.90. The lowest BCUT2D eigenvalue weighted by molar-refractivity contribution is -0.121. The summed E-state index contributed by atoms with van der Waals surface area (Å²) in [6.07, 6.45) is 3.51. The second-order valence-corrected chi connectivity index (χ2v) is 6.60. The van der Waals surface area contributed by atoms with Gasteiger partial charge in [0.1, 0.15) is 0 Å². The molecule has 0 heterocycles. The minimum absolute atomic E-state index is 0. The van der Waals surface area contributed by atoms with E-state index in [0.29, 0.717) is 48.8 Å². The molecular weight excluding hydrogens is 487 g/mol. The molecule has 0 radical (unpaired) electrons. The quantitative estimate of drug-likeness (QED) is 0.180. The summed E-state index contributed by atoms with van der Waals surface area (Å²) in [7, 11) is 4.76. The minimum atomic E-state index is 0. The summed E-state index contributed by atoms with van der Waals surface area (Å²) in [5.74, 6) is 2.60. The Morgan fingerprint density at radius 3 is 2.28 bits per heavy atom. The normalized spacial score (nSPS) is 13.2. The molecule has 164 valence electrons. The van der Waals surface area contributed by atoms with Crippen LogP contribution in [0.2, 0.25) is 0 Å². The Bertz CT molecular complexity index is 655. The predicted molar refractivity (Wildman–Crippen MR) is 125 cm³/mol. The average Bonchev–Trinajstić information content (AvgIpc) is 3.52. The number of guanidine groups is 1. The molecule has 1 aliphatic rings. The van der Waals surface area contributed by atoms with Crippen molar-refractivity contribution in [2.45, 2.75) is 45.2 Å². The van der Waals surface area contributed by atoms with E-state index >= 15 is 0 Å². The fourth-order valence-electron chi connectivity index (χ4n) is 2.72. The molecule has 3 N–H and O–H groups in total. The van der Waals surface area contributed by atoms with Crippen LogP contribution in [0, 0.1) is 0 Å². The SMILES string of the molecule is CCNC(=NCc1cc(OC)c(OC)c(OC)c1)NCCCC(=O)NC1CC1.I. The van der Waals surface area contributed by atoms with Gasteiger partial charge in [-0.15, -0.1) is 24.0 Å². The summed E-state index contributed by atoms with van der Waals surface area (Å²) in [4.78, 5) is 16.3. The molecule has 9 heteroatoms. The molecule has 0 unspecified atom stereocenters. The first-order chi connectivity index (χ1) is 13.6. The number of hydrogen-bond donors (Lipinski definition) is 3. The van der Waals surface area contributed by atoms with E-state index in [2.05, 4.69) is 20.9 Å². The number of benzene rings is 1. The highest BCUT2D eigenvalue weighted by Crippen LogP contribution is 2.38. The zero-order chi connectivity index (χ0) is 20.4. The van der Waals surface area contributed by atoms with Gasteiger partial charge in [-0.25, -0.2) is 4.99 Å². The van der Waals surface area contributed by atoms with E-state index in [-0.39, 0.29) is 29.9 Å². The molecule has 0 aromatic heterocycles. The van der Waals surface area contributed by atoms with E-state index in [4.69, 9.17) is 14.2 Å². The molecule has 0 saturated heterocycles. The molecule has 8 nitrogen and oxygen atoms in total. The molecular formula is C20H33IN4O4. The second-order valence-electron chi connectivity index (χ2n) is 6.60. The highest BCUT2D eigenvalue weighted by atomic mass is 127. The van der Waals surface area contributed by atoms with Crippen LogP contribution in [0.15, 0.2) is 17.1 Å². The van der Waals surface area contributed by atoms with E-state index < -0.39 is 0 Å². The zero-order valence-electron chi connectivity index (χ0n) is 17.7. The van der Waals surface area contributed by atoms with Gasteiger partial charge in [0.25, 0.3) is 0 Å². The topological polar surface area (TPSA) is 93.2 Å². The Morgan fingerprint density at radius 1 is 1.10 bits per heavy atom. The van der Waals surface area contributed by atoms with Crippen molar-refractivity contribution < 1.29 is 19.0 Å². The summed E-state index contributed by atoms with van der Waals surface area (Å²) < 4.78 is 16.1. The number of carbonyl (C=O) groups excluding carboxylic acids is 1. The van der Waals surface area contributed by atoms with Gasteiger partial charge in [-0.3, -0.25) is 4.79 Å². The maximum atomic E-state index is 11.7. The third-order valence-electron chi connectivity index (χ3n) is 4.30. The maximum absolute atomic E-state index is 11.7. The molecule has 0 aliphatic heterocycles. The monoisotopic (exact) mass is 520 g/mol. The standard InChI is InChI=1S/C20H32N4O4.HI/c1-5-21-20(22-10-6-7-18(25)24-15-8-9-15)23-13-14-11-16(26-2)19(28-4)17(12-14)27-3;/h11-12,15H,5-10,13H2,1-4H3,(H,24,25)(H2,21,22,23);1H. The van der Waals surface area contributed by atoms with Crippen LogP contribution < -0.4 is 30.2 Å². The number of rotatable bonds is 11. The van der Waals surface area contributed by atoms with Crippen molar-refractivity contribution in [1.29, 1.82) is 0 Å². The van der Waals surface area contributed by atoms with Crippen LogP contribution in [0.4, 0.5) is 0 Å². The maximum Gasteiger partial charge on any atom is 0.220 e. The molecule has 2 rings (SSSR count). The van der Waals surface area contributed by atoms with Crippen LogP contribution in [0.5, 0.6) is 17.2 Å². The molecule has 0 spiro atoms. The number of aliphatic imine (C=N–C) groups is 1. The Balaban J connectivity index is 0.00000420. The lowest BCUT2D eigenvalue weighted by Gasteiger charge is -2.14. The molecule has 0 atom stereocenters. The fourth-order valence-corrected chi connectivity index (χ4v) is 2.72. The van der Waals surface area contributed by atoms with Crippen molar-refractivity contribution in [1.82, 2.24) is 16.0 Å². The predicted octanol–water partition coefficient (Wildman–Crippen LogP) is 2.44. The van der Waals surface area contributed by atoms with Gasteiger partial charge in [-0.1, -0.05) is 0 Å². The Kier molecular flexibility index (Phi) is 11.6. The Labute approximate surface area is 190 Å². The van der Waals surface area contributed by atoms with Gasteiger partial charge in [0.05, 0.1) is 27.9 Å². The third kappa shape index (κ3) is 8.55. The van der Waals surface area contributed by atoms with Crippen molar-refractivity contribution in [3.63, 3.8) is 0 Å². The van der Waals surface area contributed by atoms with Crippen molar-refractivity contribution in [3.05, 3.63) is 17.7 Å². The minimum Gasteiger partial charge on any atom is -0.493 e. The number of nitrogens with one attached hydrogen (secondary N) is 3. The lowest BCUT2D eigenvalue weighted by atomic mass is 10.2. The first-order valence-electron chi connectivity index (χ1n) is 9.71. The number of amides is 1. The van der Waals surface area contributed by atoms with E-state index in [1.807, 2.05) is 19.1 Å². The van der Waals surface area contributed by atoms with Gasteiger partial charge in [0, 0.05) is 25.6 Å².